The molecule has 0 fully saturated rings. The number of aliphatic carboxylic acids is 1. The number of quaternary nitrogens is 2. The number of thiophene rings is 1. The van der Waals surface area contributed by atoms with E-state index in [0.717, 1.165) is 23.5 Å². The van der Waals surface area contributed by atoms with Crippen LogP contribution in [0.4, 0.5) is 26.3 Å². The van der Waals surface area contributed by atoms with Crippen molar-refractivity contribution >= 4 is 45.0 Å². The molecule has 0 aliphatic heterocycles. The lowest BCUT2D eigenvalue weighted by atomic mass is 10.1. The highest BCUT2D eigenvalue weighted by Crippen LogP contribution is 2.42. The third-order valence-electron chi connectivity index (χ3n) is 5.47. The fraction of sp³-hybridized carbons (Fsp3) is 0.360. The van der Waals surface area contributed by atoms with Gasteiger partial charge in [0.15, 0.2) is 19.1 Å². The molecule has 0 aliphatic carbocycles. The van der Waals surface area contributed by atoms with Crippen molar-refractivity contribution in [3.63, 3.8) is 0 Å². The summed E-state index contributed by atoms with van der Waals surface area (Å²) in [4.78, 5) is 21.2. The maximum atomic E-state index is 13.2. The van der Waals surface area contributed by atoms with Crippen LogP contribution in [0.3, 0.4) is 0 Å². The third kappa shape index (κ3) is 12.2. The Balaban J connectivity index is 0.000000984. The van der Waals surface area contributed by atoms with Gasteiger partial charge in [0.25, 0.3) is 10.0 Å². The van der Waals surface area contributed by atoms with Crippen molar-refractivity contribution in [2.24, 2.45) is 0 Å². The SMILES string of the molecule is N#Cc1ccc(OP(=O)([O-])CNS(=O)(=O)c2cc3cc(OCCC[NH3+])c(OCCC[NH3+])cc3s2)cc1C(F)(F)F.O=C([O-])C(F)(F)F. The van der Waals surface area contributed by atoms with Gasteiger partial charge >= 0.3 is 12.4 Å². The predicted octanol–water partition coefficient (Wildman–Crippen LogP) is 0.980. The summed E-state index contributed by atoms with van der Waals surface area (Å²) < 4.78 is 128. The van der Waals surface area contributed by atoms with Gasteiger partial charge in [-0.3, -0.25) is 4.57 Å². The minimum absolute atomic E-state index is 0.209. The molecule has 260 valence electrons. The number of ether oxygens (including phenoxy) is 2. The van der Waals surface area contributed by atoms with Crippen molar-refractivity contribution in [2.45, 2.75) is 29.4 Å². The summed E-state index contributed by atoms with van der Waals surface area (Å²) in [7, 11) is -9.41. The molecule has 0 saturated carbocycles. The van der Waals surface area contributed by atoms with Crippen molar-refractivity contribution in [1.29, 1.82) is 5.26 Å². The van der Waals surface area contributed by atoms with Crippen molar-refractivity contribution in [1.82, 2.24) is 4.72 Å². The van der Waals surface area contributed by atoms with Crippen LogP contribution in [0.2, 0.25) is 0 Å². The molecule has 1 heterocycles. The van der Waals surface area contributed by atoms with Crippen LogP contribution in [0.25, 0.3) is 10.1 Å². The second-order valence-electron chi connectivity index (χ2n) is 9.12. The van der Waals surface area contributed by atoms with Gasteiger partial charge in [-0.05, 0) is 35.7 Å². The topological polar surface area (TPSA) is 233 Å². The highest BCUT2D eigenvalue weighted by molar-refractivity contribution is 7.92. The molecule has 0 aliphatic rings. The number of carboxylic acids is 1. The van der Waals surface area contributed by atoms with E-state index in [1.54, 1.807) is 12.1 Å². The highest BCUT2D eigenvalue weighted by Gasteiger charge is 2.34. The van der Waals surface area contributed by atoms with E-state index in [-0.39, 0.29) is 4.21 Å². The second-order valence-corrected chi connectivity index (χ2v) is 13.9. The second kappa shape index (κ2) is 16.5. The molecule has 2 aromatic carbocycles. The number of nitrogens with zero attached hydrogens (tertiary/aromatic N) is 1. The van der Waals surface area contributed by atoms with Crippen molar-refractivity contribution in [3.05, 3.63) is 47.5 Å². The van der Waals surface area contributed by atoms with Gasteiger partial charge in [0.05, 0.1) is 49.8 Å². The number of alkyl halides is 6. The average molecular weight is 737 g/mol. The van der Waals surface area contributed by atoms with Crippen LogP contribution in [-0.4, -0.2) is 53.2 Å². The molecule has 0 spiro atoms. The van der Waals surface area contributed by atoms with Crippen LogP contribution >= 0.6 is 18.9 Å². The smallest absolute Gasteiger partial charge is 0.430 e. The summed E-state index contributed by atoms with van der Waals surface area (Å²) in [5.41, 5.74) is 5.41. The molecule has 47 heavy (non-hydrogen) atoms. The first-order chi connectivity index (χ1) is 21.7. The first-order valence-electron chi connectivity index (χ1n) is 13.0. The fourth-order valence-electron chi connectivity index (χ4n) is 3.29. The Bertz CT molecular complexity index is 1700. The largest absolute Gasteiger partial charge is 0.768 e. The lowest BCUT2D eigenvalue weighted by Crippen LogP contribution is -2.50. The zero-order chi connectivity index (χ0) is 35.6. The zero-order valence-corrected chi connectivity index (χ0v) is 26.5. The Hall–Kier alpha value is -3.64. The van der Waals surface area contributed by atoms with E-state index < -0.39 is 59.1 Å². The number of sulfonamides is 1. The van der Waals surface area contributed by atoms with E-state index in [4.69, 9.17) is 24.6 Å². The lowest BCUT2D eigenvalue weighted by molar-refractivity contribution is -0.369. The van der Waals surface area contributed by atoms with Crippen LogP contribution < -0.4 is 40.2 Å². The lowest BCUT2D eigenvalue weighted by Gasteiger charge is -2.24. The molecule has 3 rings (SSSR count). The number of carbonyl (C=O) groups is 1. The Morgan fingerprint density at radius 3 is 2.04 bits per heavy atom. The summed E-state index contributed by atoms with van der Waals surface area (Å²) in [6, 6.07) is 7.94. The number of carbonyl (C=O) groups excluding carboxylic acids is 1. The first-order valence-corrected chi connectivity index (χ1v) is 17.1. The average Bonchev–Trinajstić information content (AvgIpc) is 3.40. The molecule has 13 nitrogen and oxygen atoms in total. The molecule has 0 radical (unpaired) electrons. The summed E-state index contributed by atoms with van der Waals surface area (Å²) >= 11 is 0.861. The van der Waals surface area contributed by atoms with E-state index in [0.29, 0.717) is 66.8 Å². The van der Waals surface area contributed by atoms with E-state index >= 15 is 0 Å². The number of nitriles is 1. The van der Waals surface area contributed by atoms with E-state index in [9.17, 15) is 44.2 Å². The highest BCUT2D eigenvalue weighted by atomic mass is 32.2. The molecule has 1 aromatic heterocycles. The summed E-state index contributed by atoms with van der Waals surface area (Å²) in [5, 5.41) is 18.2. The predicted molar refractivity (Wildman–Crippen MR) is 148 cm³/mol. The van der Waals surface area contributed by atoms with Gasteiger partial charge in [-0.25, -0.2) is 13.1 Å². The van der Waals surface area contributed by atoms with Gasteiger partial charge in [-0.1, -0.05) is 0 Å². The monoisotopic (exact) mass is 736 g/mol. The van der Waals surface area contributed by atoms with Crippen LogP contribution in [0.15, 0.2) is 40.6 Å². The van der Waals surface area contributed by atoms with Crippen LogP contribution in [0, 0.1) is 11.3 Å². The van der Waals surface area contributed by atoms with Crippen molar-refractivity contribution in [2.75, 3.05) is 32.6 Å². The van der Waals surface area contributed by atoms with Gasteiger partial charge in [0.1, 0.15) is 15.9 Å². The first kappa shape index (κ1) is 39.5. The number of rotatable bonds is 14. The van der Waals surface area contributed by atoms with Gasteiger partial charge in [0, 0.05) is 23.6 Å². The summed E-state index contributed by atoms with van der Waals surface area (Å²) in [6.07, 6.45) is -9.97. The minimum atomic E-state index is -5.19. The maximum absolute atomic E-state index is 13.2. The molecule has 1 atom stereocenters. The standard InChI is InChI=1S/C23H26F3N4O7PS2.C2HF3O2/c24-23(25,26)18-11-17(4-3-15(18)13-29)37-38(31,32)14-30-40(33,34)22-10-16-9-19(35-7-1-5-27)20(12-21(16)39-22)36-8-2-6-28;3-2(4,5)1(6)7/h3-4,9-12,30H,1-2,5-8,14,27-28H2,(H,31,32);(H,6,7). The molecule has 0 bridgehead atoms. The number of hydrogen-bond donors (Lipinski definition) is 3. The van der Waals surface area contributed by atoms with E-state index in [2.05, 4.69) is 16.0 Å². The number of benzene rings is 2. The Labute approximate surface area is 267 Å². The molecule has 22 heteroatoms. The van der Waals surface area contributed by atoms with E-state index in [1.807, 2.05) is 4.72 Å². The third-order valence-corrected chi connectivity index (χ3v) is 9.69. The Morgan fingerprint density at radius 1 is 1.00 bits per heavy atom. The van der Waals surface area contributed by atoms with Crippen LogP contribution in [-0.2, 0) is 25.6 Å². The van der Waals surface area contributed by atoms with Crippen molar-refractivity contribution in [3.8, 4) is 23.3 Å². The number of hydrogen-bond acceptors (Lipinski definition) is 11. The van der Waals surface area contributed by atoms with Crippen LogP contribution in [0.5, 0.6) is 17.2 Å². The molecule has 0 saturated heterocycles. The van der Waals surface area contributed by atoms with Gasteiger partial charge in [-0.15, -0.1) is 11.3 Å². The summed E-state index contributed by atoms with van der Waals surface area (Å²) in [6.45, 7) is 2.07. The van der Waals surface area contributed by atoms with Gasteiger partial charge in [0.2, 0.25) is 0 Å². The minimum Gasteiger partial charge on any atom is -0.768 e. The molecular weight excluding hydrogens is 709 g/mol. The normalized spacial score (nSPS) is 13.2. The van der Waals surface area contributed by atoms with Gasteiger partial charge < -0.3 is 40.3 Å². The number of halogens is 6. The Kier molecular flexibility index (Phi) is 13.8. The molecular formula is C25H27F6N4O9PS2. The quantitative estimate of drug-likeness (QED) is 0.121. The van der Waals surface area contributed by atoms with Crippen molar-refractivity contribution < 1.29 is 79.6 Å². The molecule has 1 unspecified atom stereocenters. The maximum Gasteiger partial charge on any atom is 0.430 e. The van der Waals surface area contributed by atoms with Gasteiger partial charge in [-0.2, -0.15) is 31.6 Å². The summed E-state index contributed by atoms with van der Waals surface area (Å²) in [5.74, 6) is -2.89. The molecule has 0 amide bonds. The number of carboxylic acid groups (broad SMARTS) is 1. The molecule has 7 N–H and O–H groups in total. The van der Waals surface area contributed by atoms with Crippen LogP contribution in [0.1, 0.15) is 24.0 Å². The zero-order valence-electron chi connectivity index (χ0n) is 24.0. The molecule has 3 aromatic rings. The Morgan fingerprint density at radius 2 is 1.55 bits per heavy atom. The van der Waals surface area contributed by atoms with E-state index in [1.165, 1.54) is 12.1 Å². The number of fused-ring (bicyclic) bond motifs is 1. The fourth-order valence-corrected chi connectivity index (χ4v) is 7.21. The number of nitrogens with one attached hydrogen (secondary N) is 1.